The van der Waals surface area contributed by atoms with Gasteiger partial charge in [0.2, 0.25) is 0 Å². The van der Waals surface area contributed by atoms with E-state index in [4.69, 9.17) is 4.74 Å². The van der Waals surface area contributed by atoms with Crippen LogP contribution in [0, 0.1) is 50.2 Å². The van der Waals surface area contributed by atoms with Crippen molar-refractivity contribution in [1.29, 1.82) is 0 Å². The van der Waals surface area contributed by atoms with Crippen molar-refractivity contribution in [3.63, 3.8) is 0 Å². The first kappa shape index (κ1) is 25.3. The molecule has 5 rings (SSSR count). The second-order valence-corrected chi connectivity index (χ2v) is 15.4. The first-order chi connectivity index (χ1) is 15.7. The Morgan fingerprint density at radius 3 is 2.24 bits per heavy atom. The Labute approximate surface area is 209 Å². The molecule has 3 heteroatoms. The summed E-state index contributed by atoms with van der Waals surface area (Å²) < 4.78 is 6.20. The minimum absolute atomic E-state index is 0.101. The van der Waals surface area contributed by atoms with E-state index >= 15 is 0 Å². The maximum atomic E-state index is 11.0. The second kappa shape index (κ2) is 7.57. The van der Waals surface area contributed by atoms with E-state index in [2.05, 4.69) is 54.5 Å². The molecule has 0 bridgehead atoms. The van der Waals surface area contributed by atoms with Crippen molar-refractivity contribution in [3.05, 3.63) is 11.6 Å². The van der Waals surface area contributed by atoms with Crippen LogP contribution in [0.1, 0.15) is 106 Å². The van der Waals surface area contributed by atoms with Gasteiger partial charge in [0, 0.05) is 17.9 Å². The van der Waals surface area contributed by atoms with Gasteiger partial charge in [0.25, 0.3) is 0 Å². The summed E-state index contributed by atoms with van der Waals surface area (Å²) in [5, 5.41) is 21.4. The fourth-order valence-corrected chi connectivity index (χ4v) is 11.0. The summed E-state index contributed by atoms with van der Waals surface area (Å²) in [6.45, 7) is 17.5. The van der Waals surface area contributed by atoms with Crippen molar-refractivity contribution in [1.82, 2.24) is 0 Å². The van der Waals surface area contributed by atoms with Crippen LogP contribution in [0.15, 0.2) is 11.6 Å². The Morgan fingerprint density at radius 2 is 1.59 bits per heavy atom. The molecule has 194 valence electrons. The molecule has 5 aliphatic carbocycles. The van der Waals surface area contributed by atoms with Crippen LogP contribution in [-0.4, -0.2) is 36.1 Å². The van der Waals surface area contributed by atoms with Crippen LogP contribution < -0.4 is 0 Å². The van der Waals surface area contributed by atoms with Gasteiger partial charge in [-0.3, -0.25) is 0 Å². The second-order valence-electron chi connectivity index (χ2n) is 15.4. The molecule has 4 saturated carbocycles. The summed E-state index contributed by atoms with van der Waals surface area (Å²) in [4.78, 5) is 0. The van der Waals surface area contributed by atoms with Gasteiger partial charge in [-0.05, 0) is 97.2 Å². The number of hydrogen-bond donors (Lipinski definition) is 2. The summed E-state index contributed by atoms with van der Waals surface area (Å²) in [6, 6.07) is 0. The van der Waals surface area contributed by atoms with Crippen molar-refractivity contribution >= 4 is 0 Å². The minimum atomic E-state index is -0.379. The minimum Gasteiger partial charge on any atom is -0.396 e. The van der Waals surface area contributed by atoms with E-state index in [0.29, 0.717) is 29.3 Å². The van der Waals surface area contributed by atoms with Gasteiger partial charge >= 0.3 is 0 Å². The van der Waals surface area contributed by atoms with Crippen molar-refractivity contribution in [2.24, 2.45) is 50.2 Å². The monoisotopic (exact) mass is 472 g/mol. The molecule has 0 aromatic heterocycles. The SMILES string of the molecule is CO[C@@H]1CC(C)(C)C[C@@H]2C3=CC[C@@H]4[C@@]5(C)CC[C@H](O)[C@](C)(CO)[C@@H]5CC[C@@]4(C)[C@]3(C)CC[C@]21C. The lowest BCUT2D eigenvalue weighted by Gasteiger charge is -2.71. The summed E-state index contributed by atoms with van der Waals surface area (Å²) >= 11 is 0. The van der Waals surface area contributed by atoms with Crippen molar-refractivity contribution in [2.75, 3.05) is 13.7 Å². The van der Waals surface area contributed by atoms with Gasteiger partial charge in [-0.15, -0.1) is 0 Å². The molecule has 2 N–H and O–H groups in total. The third-order valence-corrected chi connectivity index (χ3v) is 13.5. The fraction of sp³-hybridized carbons (Fsp3) is 0.935. The molecule has 0 amide bonds. The molecule has 0 unspecified atom stereocenters. The number of ether oxygens (including phenoxy) is 1. The van der Waals surface area contributed by atoms with Gasteiger partial charge in [-0.1, -0.05) is 60.1 Å². The predicted molar refractivity (Wildman–Crippen MR) is 138 cm³/mol. The smallest absolute Gasteiger partial charge is 0.0635 e. The molecular weight excluding hydrogens is 420 g/mol. The molecule has 4 fully saturated rings. The highest BCUT2D eigenvalue weighted by molar-refractivity contribution is 5.34. The Balaban J connectivity index is 1.58. The molecule has 0 radical (unpaired) electrons. The Hall–Kier alpha value is -0.380. The van der Waals surface area contributed by atoms with Crippen LogP contribution >= 0.6 is 0 Å². The molecule has 0 saturated heterocycles. The Kier molecular flexibility index (Phi) is 5.63. The molecule has 10 atom stereocenters. The maximum Gasteiger partial charge on any atom is 0.0635 e. The van der Waals surface area contributed by atoms with E-state index < -0.39 is 0 Å². The number of methoxy groups -OCH3 is 1. The number of rotatable bonds is 2. The highest BCUT2D eigenvalue weighted by Crippen LogP contribution is 2.75. The van der Waals surface area contributed by atoms with E-state index in [1.54, 1.807) is 5.57 Å². The molecular formula is C31H52O3. The van der Waals surface area contributed by atoms with E-state index in [0.717, 1.165) is 25.7 Å². The standard InChI is InChI=1S/C31H52O3/c1-26(2)17-21-20-9-10-23-28(4)13-12-24(33)29(5,19-32)22(28)11-14-31(23,7)30(20,6)16-15-27(21,3)25(18-26)34-8/h9,21-25,32-33H,10-19H2,1-8H3/t21-,22-,23-,24+,25-,27-,28+,29-,30-,31-/m1/s1. The number of allylic oxidation sites excluding steroid dienone is 2. The zero-order valence-electron chi connectivity index (χ0n) is 23.3. The van der Waals surface area contributed by atoms with E-state index in [9.17, 15) is 10.2 Å². The lowest BCUT2D eigenvalue weighted by molar-refractivity contribution is -0.219. The van der Waals surface area contributed by atoms with Crippen LogP contribution in [0.2, 0.25) is 0 Å². The zero-order valence-corrected chi connectivity index (χ0v) is 23.3. The highest BCUT2D eigenvalue weighted by Gasteiger charge is 2.69. The number of aliphatic hydroxyl groups excluding tert-OH is 2. The van der Waals surface area contributed by atoms with Crippen molar-refractivity contribution in [3.8, 4) is 0 Å². The topological polar surface area (TPSA) is 49.7 Å². The molecule has 5 aliphatic rings. The van der Waals surface area contributed by atoms with Crippen molar-refractivity contribution in [2.45, 2.75) is 118 Å². The number of aliphatic hydroxyl groups is 2. The molecule has 0 aromatic carbocycles. The average molecular weight is 473 g/mol. The normalized spacial score (nSPS) is 56.4. The average Bonchev–Trinajstić information content (AvgIpc) is 2.77. The molecule has 0 heterocycles. The zero-order chi connectivity index (χ0) is 24.9. The van der Waals surface area contributed by atoms with E-state index in [-0.39, 0.29) is 39.8 Å². The first-order valence-electron chi connectivity index (χ1n) is 14.2. The Bertz CT molecular complexity index is 863. The lowest BCUT2D eigenvalue weighted by atomic mass is 9.33. The molecule has 0 aromatic rings. The van der Waals surface area contributed by atoms with Crippen molar-refractivity contribution < 1.29 is 14.9 Å². The third kappa shape index (κ3) is 2.99. The summed E-state index contributed by atoms with van der Waals surface area (Å²) in [5.41, 5.74) is 2.62. The summed E-state index contributed by atoms with van der Waals surface area (Å²) in [5.74, 6) is 1.62. The van der Waals surface area contributed by atoms with Gasteiger partial charge in [-0.2, -0.15) is 0 Å². The van der Waals surface area contributed by atoms with E-state index in [1.807, 2.05) is 7.11 Å². The Morgan fingerprint density at radius 1 is 0.882 bits per heavy atom. The summed E-state index contributed by atoms with van der Waals surface area (Å²) in [6.07, 6.45) is 13.1. The predicted octanol–water partition coefficient (Wildman–Crippen LogP) is 6.77. The number of fused-ring (bicyclic) bond motifs is 7. The van der Waals surface area contributed by atoms with Crippen LogP contribution in [0.25, 0.3) is 0 Å². The maximum absolute atomic E-state index is 11.0. The van der Waals surface area contributed by atoms with Gasteiger partial charge < -0.3 is 14.9 Å². The molecule has 0 spiro atoms. The van der Waals surface area contributed by atoms with Crippen LogP contribution in [-0.2, 0) is 4.74 Å². The highest BCUT2D eigenvalue weighted by atomic mass is 16.5. The van der Waals surface area contributed by atoms with Gasteiger partial charge in [0.05, 0.1) is 18.8 Å². The fourth-order valence-electron chi connectivity index (χ4n) is 11.0. The molecule has 34 heavy (non-hydrogen) atoms. The lowest BCUT2D eigenvalue weighted by Crippen LogP contribution is -2.66. The van der Waals surface area contributed by atoms with Gasteiger partial charge in [-0.25, -0.2) is 0 Å². The van der Waals surface area contributed by atoms with Gasteiger partial charge in [0.15, 0.2) is 0 Å². The van der Waals surface area contributed by atoms with Crippen LogP contribution in [0.4, 0.5) is 0 Å². The third-order valence-electron chi connectivity index (χ3n) is 13.5. The van der Waals surface area contributed by atoms with E-state index in [1.165, 1.54) is 32.1 Å². The number of hydrogen-bond acceptors (Lipinski definition) is 3. The van der Waals surface area contributed by atoms with Gasteiger partial charge in [0.1, 0.15) is 0 Å². The largest absolute Gasteiger partial charge is 0.396 e. The van der Waals surface area contributed by atoms with Crippen LogP contribution in [0.5, 0.6) is 0 Å². The first-order valence-corrected chi connectivity index (χ1v) is 14.2. The van der Waals surface area contributed by atoms with Crippen LogP contribution in [0.3, 0.4) is 0 Å². The summed E-state index contributed by atoms with van der Waals surface area (Å²) in [7, 11) is 1.94. The molecule has 3 nitrogen and oxygen atoms in total. The quantitative estimate of drug-likeness (QED) is 0.436. The molecule has 0 aliphatic heterocycles.